The number of sulfonamides is 1. The van der Waals surface area contributed by atoms with Gasteiger partial charge in [0.15, 0.2) is 0 Å². The van der Waals surface area contributed by atoms with Crippen LogP contribution in [0.3, 0.4) is 0 Å². The van der Waals surface area contributed by atoms with Crippen molar-refractivity contribution in [2.24, 2.45) is 5.73 Å². The Morgan fingerprint density at radius 1 is 1.42 bits per heavy atom. The third kappa shape index (κ3) is 3.14. The van der Waals surface area contributed by atoms with E-state index in [1.54, 1.807) is 25.3 Å². The second kappa shape index (κ2) is 5.58. The molecule has 1 aliphatic carbocycles. The molecule has 0 spiro atoms. The molecule has 1 fully saturated rings. The normalized spacial score (nSPS) is 23.1. The number of hydrogen-bond acceptors (Lipinski definition) is 4. The summed E-state index contributed by atoms with van der Waals surface area (Å²) < 4.78 is 32.3. The van der Waals surface area contributed by atoms with Gasteiger partial charge in [-0.3, -0.25) is 0 Å². The van der Waals surface area contributed by atoms with Gasteiger partial charge in [0, 0.05) is 19.7 Å². The zero-order chi connectivity index (χ0) is 14.0. The van der Waals surface area contributed by atoms with Crippen molar-refractivity contribution in [1.29, 1.82) is 0 Å². The van der Waals surface area contributed by atoms with E-state index in [0.29, 0.717) is 6.54 Å². The summed E-state index contributed by atoms with van der Waals surface area (Å²) in [7, 11) is -1.82. The summed E-state index contributed by atoms with van der Waals surface area (Å²) >= 11 is 0. The molecule has 0 unspecified atom stereocenters. The van der Waals surface area contributed by atoms with Gasteiger partial charge in [0.1, 0.15) is 0 Å². The van der Waals surface area contributed by atoms with Gasteiger partial charge >= 0.3 is 0 Å². The average molecular weight is 284 g/mol. The summed E-state index contributed by atoms with van der Waals surface area (Å²) in [6, 6.07) is 5.01. The van der Waals surface area contributed by atoms with Gasteiger partial charge in [-0.25, -0.2) is 13.1 Å². The Hall–Kier alpha value is -0.950. The zero-order valence-electron chi connectivity index (χ0n) is 11.2. The first kappa shape index (κ1) is 14.5. The van der Waals surface area contributed by atoms with Crippen molar-refractivity contribution in [3.05, 3.63) is 29.3 Å². The highest BCUT2D eigenvalue weighted by atomic mass is 32.2. The minimum Gasteiger partial charge on any atom is -0.381 e. The van der Waals surface area contributed by atoms with E-state index in [-0.39, 0.29) is 17.0 Å². The fourth-order valence-corrected chi connectivity index (χ4v) is 3.49. The van der Waals surface area contributed by atoms with E-state index in [4.69, 9.17) is 10.5 Å². The fourth-order valence-electron chi connectivity index (χ4n) is 2.18. The van der Waals surface area contributed by atoms with Crippen LogP contribution in [0.1, 0.15) is 24.0 Å². The van der Waals surface area contributed by atoms with E-state index in [9.17, 15) is 8.42 Å². The molecule has 3 N–H and O–H groups in total. The topological polar surface area (TPSA) is 81.4 Å². The molecular weight excluding hydrogens is 264 g/mol. The summed E-state index contributed by atoms with van der Waals surface area (Å²) in [6.07, 6.45) is 1.63. The average Bonchev–Trinajstić information content (AvgIpc) is 2.33. The number of methoxy groups -OCH3 is 1. The number of ether oxygens (including phenoxy) is 1. The van der Waals surface area contributed by atoms with Crippen LogP contribution in [0.15, 0.2) is 23.1 Å². The van der Waals surface area contributed by atoms with Gasteiger partial charge in [0.2, 0.25) is 10.0 Å². The Morgan fingerprint density at radius 2 is 2.11 bits per heavy atom. The Bertz CT molecular complexity index is 551. The Morgan fingerprint density at radius 3 is 2.68 bits per heavy atom. The predicted molar refractivity (Wildman–Crippen MR) is 73.2 cm³/mol. The molecule has 1 aliphatic rings. The molecule has 0 bridgehead atoms. The Balaban J connectivity index is 2.11. The van der Waals surface area contributed by atoms with Crippen LogP contribution in [0.5, 0.6) is 0 Å². The number of nitrogens with two attached hydrogens (primary N) is 1. The summed E-state index contributed by atoms with van der Waals surface area (Å²) in [6.45, 7) is 2.26. The van der Waals surface area contributed by atoms with Crippen molar-refractivity contribution in [2.75, 3.05) is 7.11 Å². The molecule has 5 nitrogen and oxygen atoms in total. The quantitative estimate of drug-likeness (QED) is 0.842. The third-order valence-electron chi connectivity index (χ3n) is 3.60. The lowest BCUT2D eigenvalue weighted by Crippen LogP contribution is -2.47. The summed E-state index contributed by atoms with van der Waals surface area (Å²) in [5.74, 6) is 0. The van der Waals surface area contributed by atoms with Crippen LogP contribution < -0.4 is 10.5 Å². The smallest absolute Gasteiger partial charge is 0.240 e. The largest absolute Gasteiger partial charge is 0.381 e. The second-order valence-electron chi connectivity index (χ2n) is 4.94. The standard InChI is InChI=1S/C13H20N2O3S/c1-9-3-4-13(5-10(9)8-14)19(16,17)15-11-6-12(7-11)18-2/h3-5,11-12,15H,6-8,14H2,1-2H3. The van der Waals surface area contributed by atoms with E-state index in [1.807, 2.05) is 6.92 Å². The minimum absolute atomic E-state index is 0.0300. The fraction of sp³-hybridized carbons (Fsp3) is 0.538. The zero-order valence-corrected chi connectivity index (χ0v) is 12.0. The lowest BCUT2D eigenvalue weighted by molar-refractivity contribution is 0.0236. The van der Waals surface area contributed by atoms with E-state index in [0.717, 1.165) is 24.0 Å². The number of rotatable bonds is 5. The molecule has 0 aliphatic heterocycles. The van der Waals surface area contributed by atoms with Gasteiger partial charge in [-0.15, -0.1) is 0 Å². The number of aryl methyl sites for hydroxylation is 1. The van der Waals surface area contributed by atoms with Crippen LogP contribution in [0.25, 0.3) is 0 Å². The third-order valence-corrected chi connectivity index (χ3v) is 5.12. The molecule has 1 saturated carbocycles. The van der Waals surface area contributed by atoms with Gasteiger partial charge in [0.05, 0.1) is 11.0 Å². The summed E-state index contributed by atoms with van der Waals surface area (Å²) in [5, 5.41) is 0. The lowest BCUT2D eigenvalue weighted by Gasteiger charge is -2.34. The van der Waals surface area contributed by atoms with Crippen LogP contribution in [0.2, 0.25) is 0 Å². The van der Waals surface area contributed by atoms with Crippen LogP contribution in [-0.4, -0.2) is 27.7 Å². The monoisotopic (exact) mass is 284 g/mol. The van der Waals surface area contributed by atoms with Crippen molar-refractivity contribution < 1.29 is 13.2 Å². The molecule has 19 heavy (non-hydrogen) atoms. The van der Waals surface area contributed by atoms with E-state index in [2.05, 4.69) is 4.72 Å². The minimum atomic E-state index is -3.46. The summed E-state index contributed by atoms with van der Waals surface area (Å²) in [5.41, 5.74) is 7.46. The maximum Gasteiger partial charge on any atom is 0.240 e. The maximum atomic E-state index is 12.2. The molecular formula is C13H20N2O3S. The lowest BCUT2D eigenvalue weighted by atomic mass is 9.90. The van der Waals surface area contributed by atoms with Crippen molar-refractivity contribution in [3.8, 4) is 0 Å². The Kier molecular flexibility index (Phi) is 4.25. The molecule has 1 aromatic rings. The van der Waals surface area contributed by atoms with Crippen LogP contribution >= 0.6 is 0 Å². The van der Waals surface area contributed by atoms with Crippen LogP contribution in [0.4, 0.5) is 0 Å². The second-order valence-corrected chi connectivity index (χ2v) is 6.65. The first-order valence-electron chi connectivity index (χ1n) is 6.31. The van der Waals surface area contributed by atoms with Crippen LogP contribution in [-0.2, 0) is 21.3 Å². The first-order valence-corrected chi connectivity index (χ1v) is 7.79. The molecule has 1 aromatic carbocycles. The van der Waals surface area contributed by atoms with Gasteiger partial charge in [-0.1, -0.05) is 6.07 Å². The van der Waals surface area contributed by atoms with E-state index < -0.39 is 10.0 Å². The number of benzene rings is 1. The molecule has 6 heteroatoms. The SMILES string of the molecule is COC1CC(NS(=O)(=O)c2ccc(C)c(CN)c2)C1. The molecule has 106 valence electrons. The molecule has 0 heterocycles. The van der Waals surface area contributed by atoms with Crippen molar-refractivity contribution in [2.45, 2.75) is 43.4 Å². The van der Waals surface area contributed by atoms with Crippen molar-refractivity contribution >= 4 is 10.0 Å². The molecule has 2 rings (SSSR count). The number of nitrogens with one attached hydrogen (secondary N) is 1. The predicted octanol–water partition coefficient (Wildman–Crippen LogP) is 0.909. The van der Waals surface area contributed by atoms with Crippen LogP contribution in [0, 0.1) is 6.92 Å². The van der Waals surface area contributed by atoms with E-state index >= 15 is 0 Å². The van der Waals surface area contributed by atoms with Crippen molar-refractivity contribution in [3.63, 3.8) is 0 Å². The highest BCUT2D eigenvalue weighted by molar-refractivity contribution is 7.89. The molecule has 0 radical (unpaired) electrons. The molecule has 0 aromatic heterocycles. The highest BCUT2D eigenvalue weighted by Crippen LogP contribution is 2.25. The van der Waals surface area contributed by atoms with Gasteiger partial charge in [-0.05, 0) is 43.0 Å². The van der Waals surface area contributed by atoms with Gasteiger partial charge in [-0.2, -0.15) is 0 Å². The molecule has 0 saturated heterocycles. The molecule has 0 atom stereocenters. The Labute approximate surface area is 114 Å². The first-order chi connectivity index (χ1) is 8.96. The highest BCUT2D eigenvalue weighted by Gasteiger charge is 2.32. The maximum absolute atomic E-state index is 12.2. The van der Waals surface area contributed by atoms with Gasteiger partial charge in [0.25, 0.3) is 0 Å². The van der Waals surface area contributed by atoms with Crippen molar-refractivity contribution in [1.82, 2.24) is 4.72 Å². The molecule has 0 amide bonds. The van der Waals surface area contributed by atoms with E-state index in [1.165, 1.54) is 0 Å². The van der Waals surface area contributed by atoms with Gasteiger partial charge < -0.3 is 10.5 Å². The summed E-state index contributed by atoms with van der Waals surface area (Å²) in [4.78, 5) is 0.277. The number of hydrogen-bond donors (Lipinski definition) is 2.